The molecule has 0 saturated carbocycles. The van der Waals surface area contributed by atoms with Crippen LogP contribution in [0.25, 0.3) is 0 Å². The summed E-state index contributed by atoms with van der Waals surface area (Å²) in [5.41, 5.74) is 2.77. The Morgan fingerprint density at radius 2 is 1.84 bits per heavy atom. The lowest BCUT2D eigenvalue weighted by molar-refractivity contribution is -0.150. The zero-order chi connectivity index (χ0) is 13.5. The van der Waals surface area contributed by atoms with E-state index in [4.69, 9.17) is 9.47 Å². The molecule has 1 heterocycles. The fourth-order valence-electron chi connectivity index (χ4n) is 3.39. The number of halogens is 1. The van der Waals surface area contributed by atoms with Gasteiger partial charge in [0.15, 0.2) is 5.79 Å². The largest absolute Gasteiger partial charge is 0.344 e. The van der Waals surface area contributed by atoms with Crippen molar-refractivity contribution in [2.24, 2.45) is 0 Å². The van der Waals surface area contributed by atoms with Gasteiger partial charge in [-0.3, -0.25) is 0 Å². The lowest BCUT2D eigenvalue weighted by Crippen LogP contribution is -2.24. The molecular formula is C16H21BrO2. The number of fused-ring (bicyclic) bond motifs is 3. The summed E-state index contributed by atoms with van der Waals surface area (Å²) in [4.78, 5) is 0. The molecule has 2 aliphatic rings. The van der Waals surface area contributed by atoms with Crippen LogP contribution in [-0.2, 0) is 9.47 Å². The summed E-state index contributed by atoms with van der Waals surface area (Å²) in [6, 6.07) is 8.67. The number of benzene rings is 1. The van der Waals surface area contributed by atoms with Crippen molar-refractivity contribution in [2.75, 3.05) is 5.33 Å². The van der Waals surface area contributed by atoms with Crippen LogP contribution in [0.4, 0.5) is 0 Å². The molecule has 1 saturated heterocycles. The fraction of sp³-hybridized carbons (Fsp3) is 0.625. The topological polar surface area (TPSA) is 18.5 Å². The second-order valence-electron chi connectivity index (χ2n) is 5.94. The Bertz CT molecular complexity index is 458. The lowest BCUT2D eigenvalue weighted by atomic mass is 9.94. The first-order valence-electron chi connectivity index (χ1n) is 7.13. The van der Waals surface area contributed by atoms with Gasteiger partial charge in [-0.05, 0) is 37.8 Å². The summed E-state index contributed by atoms with van der Waals surface area (Å²) >= 11 is 3.51. The third-order valence-electron chi connectivity index (χ3n) is 4.13. The molecule has 1 fully saturated rings. The summed E-state index contributed by atoms with van der Waals surface area (Å²) in [7, 11) is 0. The number of hydrogen-bond acceptors (Lipinski definition) is 2. The summed E-state index contributed by atoms with van der Waals surface area (Å²) in [6.45, 7) is 4.03. The van der Waals surface area contributed by atoms with E-state index in [1.807, 2.05) is 13.8 Å². The fourth-order valence-corrected chi connectivity index (χ4v) is 3.78. The predicted molar refractivity (Wildman–Crippen MR) is 79.6 cm³/mol. The molecule has 104 valence electrons. The van der Waals surface area contributed by atoms with Crippen LogP contribution in [0.15, 0.2) is 24.3 Å². The van der Waals surface area contributed by atoms with Crippen LogP contribution >= 0.6 is 15.9 Å². The van der Waals surface area contributed by atoms with Crippen molar-refractivity contribution < 1.29 is 9.47 Å². The van der Waals surface area contributed by atoms with E-state index in [-0.39, 0.29) is 12.2 Å². The van der Waals surface area contributed by atoms with Crippen LogP contribution in [0, 0.1) is 0 Å². The van der Waals surface area contributed by atoms with E-state index in [0.717, 1.165) is 5.33 Å². The van der Waals surface area contributed by atoms with Crippen molar-refractivity contribution in [3.05, 3.63) is 35.4 Å². The van der Waals surface area contributed by atoms with Gasteiger partial charge >= 0.3 is 0 Å². The normalized spacial score (nSPS) is 31.2. The van der Waals surface area contributed by atoms with Crippen molar-refractivity contribution in [3.63, 3.8) is 0 Å². The van der Waals surface area contributed by atoms with Crippen LogP contribution in [0.3, 0.4) is 0 Å². The van der Waals surface area contributed by atoms with E-state index in [9.17, 15) is 0 Å². The van der Waals surface area contributed by atoms with E-state index in [2.05, 4.69) is 40.2 Å². The maximum Gasteiger partial charge on any atom is 0.164 e. The zero-order valence-corrected chi connectivity index (χ0v) is 13.2. The van der Waals surface area contributed by atoms with E-state index < -0.39 is 5.79 Å². The Morgan fingerprint density at radius 3 is 2.58 bits per heavy atom. The van der Waals surface area contributed by atoms with Gasteiger partial charge in [0.25, 0.3) is 0 Å². The van der Waals surface area contributed by atoms with Crippen molar-refractivity contribution in [1.29, 1.82) is 0 Å². The number of hydrogen-bond donors (Lipinski definition) is 0. The van der Waals surface area contributed by atoms with Crippen LogP contribution in [0.2, 0.25) is 0 Å². The second-order valence-corrected chi connectivity index (χ2v) is 6.73. The number of unbranched alkanes of at least 4 members (excludes halogenated alkanes) is 1. The molecule has 1 aliphatic heterocycles. The van der Waals surface area contributed by atoms with E-state index in [1.54, 1.807) is 0 Å². The molecule has 3 rings (SSSR count). The SMILES string of the molecule is CC1(C)OC2c3ccccc3C(CCCCBr)C2O1. The molecular weight excluding hydrogens is 304 g/mol. The molecule has 0 amide bonds. The molecule has 0 aromatic heterocycles. The zero-order valence-electron chi connectivity index (χ0n) is 11.6. The average molecular weight is 325 g/mol. The molecule has 19 heavy (non-hydrogen) atoms. The van der Waals surface area contributed by atoms with Crippen molar-refractivity contribution >= 4 is 15.9 Å². The molecule has 3 atom stereocenters. The van der Waals surface area contributed by atoms with Gasteiger partial charge in [-0.15, -0.1) is 0 Å². The standard InChI is InChI=1S/C16H21BrO2/c1-16(2)18-14-12-8-4-3-7-11(12)13(15(14)19-16)9-5-6-10-17/h3-4,7-8,13-15H,5-6,9-10H2,1-2H3. The van der Waals surface area contributed by atoms with Gasteiger partial charge < -0.3 is 9.47 Å². The van der Waals surface area contributed by atoms with Crippen LogP contribution in [0.1, 0.15) is 56.3 Å². The summed E-state index contributed by atoms with van der Waals surface area (Å²) in [6.07, 6.45) is 3.96. The first-order chi connectivity index (χ1) is 9.12. The Morgan fingerprint density at radius 1 is 1.11 bits per heavy atom. The molecule has 0 spiro atoms. The Balaban J connectivity index is 1.86. The average Bonchev–Trinajstić information content (AvgIpc) is 2.83. The summed E-state index contributed by atoms with van der Waals surface area (Å²) in [5, 5.41) is 1.08. The Hall–Kier alpha value is -0.380. The maximum atomic E-state index is 6.16. The van der Waals surface area contributed by atoms with Gasteiger partial charge in [0, 0.05) is 11.2 Å². The molecule has 1 aliphatic carbocycles. The number of ether oxygens (including phenoxy) is 2. The Kier molecular flexibility index (Phi) is 3.71. The summed E-state index contributed by atoms with van der Waals surface area (Å²) in [5.74, 6) is 0.0401. The highest BCUT2D eigenvalue weighted by atomic mass is 79.9. The van der Waals surface area contributed by atoms with Crippen LogP contribution < -0.4 is 0 Å². The molecule has 0 bridgehead atoms. The first-order valence-corrected chi connectivity index (χ1v) is 8.25. The highest BCUT2D eigenvalue weighted by Crippen LogP contribution is 2.53. The smallest absolute Gasteiger partial charge is 0.164 e. The molecule has 3 heteroatoms. The minimum absolute atomic E-state index is 0.125. The van der Waals surface area contributed by atoms with E-state index >= 15 is 0 Å². The van der Waals surface area contributed by atoms with Crippen molar-refractivity contribution in [2.45, 2.75) is 57.0 Å². The minimum Gasteiger partial charge on any atom is -0.344 e. The number of alkyl halides is 1. The van der Waals surface area contributed by atoms with Gasteiger partial charge in [0.05, 0.1) is 6.10 Å². The summed E-state index contributed by atoms with van der Waals surface area (Å²) < 4.78 is 12.3. The highest BCUT2D eigenvalue weighted by molar-refractivity contribution is 9.09. The second kappa shape index (κ2) is 5.19. The third-order valence-corrected chi connectivity index (χ3v) is 4.69. The van der Waals surface area contributed by atoms with Crippen molar-refractivity contribution in [1.82, 2.24) is 0 Å². The molecule has 2 nitrogen and oxygen atoms in total. The first kappa shape index (κ1) is 13.6. The van der Waals surface area contributed by atoms with E-state index in [1.165, 1.54) is 30.4 Å². The van der Waals surface area contributed by atoms with Crippen molar-refractivity contribution in [3.8, 4) is 0 Å². The molecule has 3 unspecified atom stereocenters. The molecule has 0 radical (unpaired) electrons. The Labute approximate surface area is 123 Å². The van der Waals surface area contributed by atoms with Gasteiger partial charge in [0.2, 0.25) is 0 Å². The quantitative estimate of drug-likeness (QED) is 0.598. The van der Waals surface area contributed by atoms with Gasteiger partial charge in [-0.25, -0.2) is 0 Å². The lowest BCUT2D eigenvalue weighted by Gasteiger charge is -2.22. The number of rotatable bonds is 4. The van der Waals surface area contributed by atoms with E-state index in [0.29, 0.717) is 5.92 Å². The van der Waals surface area contributed by atoms with Crippen LogP contribution in [-0.4, -0.2) is 17.2 Å². The predicted octanol–water partition coefficient (Wildman–Crippen LogP) is 4.54. The van der Waals surface area contributed by atoms with Crippen LogP contribution in [0.5, 0.6) is 0 Å². The van der Waals surface area contributed by atoms with Gasteiger partial charge in [0.1, 0.15) is 6.10 Å². The monoisotopic (exact) mass is 324 g/mol. The highest BCUT2D eigenvalue weighted by Gasteiger charge is 2.51. The molecule has 1 aromatic rings. The van der Waals surface area contributed by atoms with Gasteiger partial charge in [-0.1, -0.05) is 46.6 Å². The molecule has 1 aromatic carbocycles. The molecule has 0 N–H and O–H groups in total. The third kappa shape index (κ3) is 2.48. The van der Waals surface area contributed by atoms with Gasteiger partial charge in [-0.2, -0.15) is 0 Å². The maximum absolute atomic E-state index is 6.16. The minimum atomic E-state index is -0.448.